The first-order valence-electron chi connectivity index (χ1n) is 4.91. The molecule has 16 heavy (non-hydrogen) atoms. The largest absolute Gasteiger partial charge is 0.433 e. The normalized spacial score (nSPS) is 15.1. The van der Waals surface area contributed by atoms with Crippen LogP contribution in [-0.4, -0.2) is 31.4 Å². The topological polar surface area (TPSA) is 90.7 Å². The smallest absolute Gasteiger partial charge is 0.405 e. The van der Waals surface area contributed by atoms with Gasteiger partial charge in [-0.3, -0.25) is 4.79 Å². The maximum atomic E-state index is 11.9. The highest BCUT2D eigenvalue weighted by Crippen LogP contribution is 2.33. The molecule has 0 aliphatic rings. The van der Waals surface area contributed by atoms with Crippen LogP contribution in [-0.2, 0) is 14.3 Å². The third kappa shape index (κ3) is 3.37. The minimum atomic E-state index is -1.34. The molecule has 0 aliphatic heterocycles. The number of rotatable bonds is 4. The van der Waals surface area contributed by atoms with Crippen molar-refractivity contribution in [1.82, 2.24) is 5.32 Å². The van der Waals surface area contributed by atoms with Gasteiger partial charge in [0.15, 0.2) is 5.60 Å². The van der Waals surface area contributed by atoms with Gasteiger partial charge in [0, 0.05) is 12.5 Å². The van der Waals surface area contributed by atoms with Crippen molar-refractivity contribution in [2.75, 3.05) is 13.8 Å². The number of nitrogens with one attached hydrogen (secondary N) is 1. The number of ether oxygens (including phenoxy) is 2. The summed E-state index contributed by atoms with van der Waals surface area (Å²) in [6, 6.07) is 0. The number of carbonyl (C=O) groups excluding carboxylic acids is 2. The van der Waals surface area contributed by atoms with Crippen LogP contribution < -0.4 is 11.1 Å². The Morgan fingerprint density at radius 2 is 1.75 bits per heavy atom. The number of methoxy groups -OCH3 is 1. The van der Waals surface area contributed by atoms with Gasteiger partial charge < -0.3 is 20.5 Å². The minimum Gasteiger partial charge on any atom is -0.433 e. The Labute approximate surface area is 95.5 Å². The van der Waals surface area contributed by atoms with Crippen molar-refractivity contribution < 1.29 is 19.1 Å². The van der Waals surface area contributed by atoms with Crippen LogP contribution in [0.5, 0.6) is 0 Å². The molecule has 0 radical (unpaired) electrons. The molecule has 94 valence electrons. The highest BCUT2D eigenvalue weighted by atomic mass is 16.6. The zero-order valence-corrected chi connectivity index (χ0v) is 10.4. The predicted molar refractivity (Wildman–Crippen MR) is 58.5 cm³/mol. The first kappa shape index (κ1) is 14.7. The second-order valence-corrected chi connectivity index (χ2v) is 4.64. The van der Waals surface area contributed by atoms with Gasteiger partial charge in [0.05, 0.1) is 0 Å². The second-order valence-electron chi connectivity index (χ2n) is 4.64. The quantitative estimate of drug-likeness (QED) is 0.695. The Hall–Kier alpha value is -1.30. The molecule has 3 N–H and O–H groups in total. The summed E-state index contributed by atoms with van der Waals surface area (Å²) < 4.78 is 9.65. The van der Waals surface area contributed by atoms with Crippen LogP contribution in [0, 0.1) is 5.41 Å². The summed E-state index contributed by atoms with van der Waals surface area (Å²) in [6.45, 7) is 6.91. The van der Waals surface area contributed by atoms with Crippen molar-refractivity contribution in [1.29, 1.82) is 0 Å². The van der Waals surface area contributed by atoms with E-state index >= 15 is 0 Å². The average molecular weight is 232 g/mol. The minimum absolute atomic E-state index is 0.0482. The van der Waals surface area contributed by atoms with Gasteiger partial charge in [-0.25, -0.2) is 4.79 Å². The van der Waals surface area contributed by atoms with Crippen molar-refractivity contribution in [3.63, 3.8) is 0 Å². The monoisotopic (exact) mass is 232 g/mol. The summed E-state index contributed by atoms with van der Waals surface area (Å²) in [5.41, 5.74) is 3.05. The summed E-state index contributed by atoms with van der Waals surface area (Å²) in [7, 11) is 1.45. The lowest BCUT2D eigenvalue weighted by Crippen LogP contribution is -2.56. The van der Waals surface area contributed by atoms with E-state index in [-0.39, 0.29) is 6.73 Å². The average Bonchev–Trinajstić information content (AvgIpc) is 2.10. The molecule has 1 atom stereocenters. The Bertz CT molecular complexity index is 272. The SMILES string of the molecule is COCNC(=O)C(C)(OC(N)=O)C(C)(C)C. The zero-order valence-electron chi connectivity index (χ0n) is 10.4. The van der Waals surface area contributed by atoms with E-state index in [1.807, 2.05) is 0 Å². The van der Waals surface area contributed by atoms with Crippen molar-refractivity contribution in [3.8, 4) is 0 Å². The van der Waals surface area contributed by atoms with Crippen molar-refractivity contribution >= 4 is 12.0 Å². The van der Waals surface area contributed by atoms with E-state index in [1.165, 1.54) is 14.0 Å². The van der Waals surface area contributed by atoms with E-state index < -0.39 is 23.0 Å². The number of hydrogen-bond donors (Lipinski definition) is 2. The molecule has 1 unspecified atom stereocenters. The van der Waals surface area contributed by atoms with Crippen LogP contribution in [0.25, 0.3) is 0 Å². The molecule has 6 nitrogen and oxygen atoms in total. The lowest BCUT2D eigenvalue weighted by atomic mass is 9.77. The van der Waals surface area contributed by atoms with Crippen LogP contribution >= 0.6 is 0 Å². The third-order valence-corrected chi connectivity index (χ3v) is 2.55. The van der Waals surface area contributed by atoms with Gasteiger partial charge in [-0.05, 0) is 6.92 Å². The van der Waals surface area contributed by atoms with Gasteiger partial charge in [-0.2, -0.15) is 0 Å². The molecule has 6 heteroatoms. The Morgan fingerprint density at radius 3 is 2.06 bits per heavy atom. The zero-order chi connectivity index (χ0) is 13.0. The molecule has 2 amide bonds. The molecule has 0 aliphatic carbocycles. The first-order valence-corrected chi connectivity index (χ1v) is 4.91. The highest BCUT2D eigenvalue weighted by molar-refractivity contribution is 5.87. The summed E-state index contributed by atoms with van der Waals surface area (Å²) in [5.74, 6) is -0.444. The maximum absolute atomic E-state index is 11.9. The van der Waals surface area contributed by atoms with Crippen LogP contribution in [0.4, 0.5) is 4.79 Å². The van der Waals surface area contributed by atoms with Crippen molar-refractivity contribution in [3.05, 3.63) is 0 Å². The van der Waals surface area contributed by atoms with Crippen molar-refractivity contribution in [2.45, 2.75) is 33.3 Å². The van der Waals surface area contributed by atoms with Crippen LogP contribution in [0.15, 0.2) is 0 Å². The fraction of sp³-hybridized carbons (Fsp3) is 0.800. The number of hydrogen-bond acceptors (Lipinski definition) is 4. The van der Waals surface area contributed by atoms with E-state index in [4.69, 9.17) is 15.2 Å². The van der Waals surface area contributed by atoms with E-state index in [9.17, 15) is 9.59 Å². The molecule has 0 rings (SSSR count). The molecule has 0 saturated carbocycles. The fourth-order valence-corrected chi connectivity index (χ4v) is 1.05. The molecular weight excluding hydrogens is 212 g/mol. The molecule has 0 spiro atoms. The van der Waals surface area contributed by atoms with E-state index in [2.05, 4.69) is 5.32 Å². The molecule has 0 aromatic heterocycles. The summed E-state index contributed by atoms with van der Waals surface area (Å²) in [4.78, 5) is 22.7. The molecule has 0 aromatic rings. The summed E-state index contributed by atoms with van der Waals surface area (Å²) in [6.07, 6.45) is -0.981. The standard InChI is InChI=1S/C10H20N2O4/c1-9(2,3)10(4,16-8(11)14)7(13)12-6-15-5/h6H2,1-5H3,(H2,11,14)(H,12,13). The summed E-state index contributed by atoms with van der Waals surface area (Å²) >= 11 is 0. The molecule has 0 fully saturated rings. The van der Waals surface area contributed by atoms with Gasteiger partial charge >= 0.3 is 6.09 Å². The van der Waals surface area contributed by atoms with Gasteiger partial charge in [0.2, 0.25) is 0 Å². The van der Waals surface area contributed by atoms with Gasteiger partial charge in [-0.15, -0.1) is 0 Å². The van der Waals surface area contributed by atoms with E-state index in [1.54, 1.807) is 20.8 Å². The van der Waals surface area contributed by atoms with Gasteiger partial charge in [0.1, 0.15) is 6.73 Å². The van der Waals surface area contributed by atoms with Crippen LogP contribution in [0.1, 0.15) is 27.7 Å². The predicted octanol–water partition coefficient (Wildman–Crippen LogP) is 0.607. The first-order chi connectivity index (χ1) is 7.15. The fourth-order valence-electron chi connectivity index (χ4n) is 1.05. The number of primary amides is 1. The number of amides is 2. The third-order valence-electron chi connectivity index (χ3n) is 2.55. The van der Waals surface area contributed by atoms with E-state index in [0.29, 0.717) is 0 Å². The summed E-state index contributed by atoms with van der Waals surface area (Å²) in [5, 5.41) is 2.49. The van der Waals surface area contributed by atoms with Crippen molar-refractivity contribution in [2.24, 2.45) is 11.1 Å². The number of carbonyl (C=O) groups is 2. The highest BCUT2D eigenvalue weighted by Gasteiger charge is 2.47. The Morgan fingerprint density at radius 1 is 1.25 bits per heavy atom. The molecule has 0 saturated heterocycles. The van der Waals surface area contributed by atoms with Gasteiger partial charge in [0.25, 0.3) is 5.91 Å². The lowest BCUT2D eigenvalue weighted by molar-refractivity contribution is -0.150. The van der Waals surface area contributed by atoms with E-state index in [0.717, 1.165) is 0 Å². The lowest BCUT2D eigenvalue weighted by Gasteiger charge is -2.38. The molecule has 0 bridgehead atoms. The Balaban J connectivity index is 4.93. The molecular formula is C10H20N2O4. The van der Waals surface area contributed by atoms with Crippen LogP contribution in [0.3, 0.4) is 0 Å². The second kappa shape index (κ2) is 5.16. The van der Waals surface area contributed by atoms with Crippen LogP contribution in [0.2, 0.25) is 0 Å². The van der Waals surface area contributed by atoms with Gasteiger partial charge in [-0.1, -0.05) is 20.8 Å². The number of nitrogens with two attached hydrogens (primary N) is 1. The maximum Gasteiger partial charge on any atom is 0.405 e. The molecule has 0 heterocycles. The molecule has 0 aromatic carbocycles. The Kier molecular flexibility index (Phi) is 4.74.